The van der Waals surface area contributed by atoms with Crippen LogP contribution in [0.5, 0.6) is 0 Å². The molecule has 1 aromatic rings. The summed E-state index contributed by atoms with van der Waals surface area (Å²) in [4.78, 5) is 22.2. The van der Waals surface area contributed by atoms with Crippen LogP contribution in [0.25, 0.3) is 0 Å². The predicted octanol–water partition coefficient (Wildman–Crippen LogP) is 1.33. The van der Waals surface area contributed by atoms with E-state index in [1.54, 1.807) is 0 Å². The molecule has 0 aromatic heterocycles. The summed E-state index contributed by atoms with van der Waals surface area (Å²) in [6.07, 6.45) is 0. The monoisotopic (exact) mass is 332 g/mol. The number of anilines is 2. The van der Waals surface area contributed by atoms with Gasteiger partial charge in [0.1, 0.15) is 5.82 Å². The maximum Gasteiger partial charge on any atom is 0.309 e. The van der Waals surface area contributed by atoms with E-state index in [-0.39, 0.29) is 11.4 Å². The first-order valence-corrected chi connectivity index (χ1v) is 7.95. The summed E-state index contributed by atoms with van der Waals surface area (Å²) >= 11 is 0. The molecular formula is C13H17FN2O5S. The molecule has 0 spiro atoms. The fourth-order valence-electron chi connectivity index (χ4n) is 1.69. The zero-order chi connectivity index (χ0) is 16.9. The molecule has 0 aliphatic heterocycles. The Balaban J connectivity index is 2.89. The van der Waals surface area contributed by atoms with Crippen molar-refractivity contribution in [1.29, 1.82) is 0 Å². The van der Waals surface area contributed by atoms with Gasteiger partial charge in [0, 0.05) is 6.92 Å². The number of halogens is 1. The SMILES string of the molecule is COC(=O)[C@H](C)CS(=O)(=O)Nc1ccc(F)c(NC(C)=O)c1. The molecule has 1 aromatic carbocycles. The zero-order valence-electron chi connectivity index (χ0n) is 12.3. The number of hydrogen-bond donors (Lipinski definition) is 2. The van der Waals surface area contributed by atoms with Gasteiger partial charge in [-0.25, -0.2) is 12.8 Å². The molecule has 0 bridgehead atoms. The molecule has 22 heavy (non-hydrogen) atoms. The van der Waals surface area contributed by atoms with E-state index in [2.05, 4.69) is 14.8 Å². The van der Waals surface area contributed by atoms with Gasteiger partial charge in [0.15, 0.2) is 0 Å². The lowest BCUT2D eigenvalue weighted by molar-refractivity contribution is -0.144. The number of carbonyl (C=O) groups is 2. The van der Waals surface area contributed by atoms with E-state index in [9.17, 15) is 22.4 Å². The number of carbonyl (C=O) groups excluding carboxylic acids is 2. The molecule has 0 saturated carbocycles. The molecule has 0 heterocycles. The first-order chi connectivity index (χ1) is 10.1. The van der Waals surface area contributed by atoms with Crippen molar-refractivity contribution < 1.29 is 27.1 Å². The Kier molecular flexibility index (Phi) is 5.86. The fourth-order valence-corrected chi connectivity index (χ4v) is 3.06. The van der Waals surface area contributed by atoms with E-state index in [1.807, 2.05) is 0 Å². The fraction of sp³-hybridized carbons (Fsp3) is 0.385. The van der Waals surface area contributed by atoms with Gasteiger partial charge in [-0.05, 0) is 18.2 Å². The van der Waals surface area contributed by atoms with Crippen molar-refractivity contribution in [2.24, 2.45) is 5.92 Å². The van der Waals surface area contributed by atoms with Crippen molar-refractivity contribution in [3.63, 3.8) is 0 Å². The van der Waals surface area contributed by atoms with Crippen molar-refractivity contribution in [3.05, 3.63) is 24.0 Å². The Bertz CT molecular complexity index is 675. The van der Waals surface area contributed by atoms with E-state index < -0.39 is 39.4 Å². The van der Waals surface area contributed by atoms with Crippen LogP contribution in [0.4, 0.5) is 15.8 Å². The lowest BCUT2D eigenvalue weighted by Gasteiger charge is -2.13. The van der Waals surface area contributed by atoms with Crippen molar-refractivity contribution in [2.45, 2.75) is 13.8 Å². The Morgan fingerprint density at radius 3 is 2.55 bits per heavy atom. The van der Waals surface area contributed by atoms with Gasteiger partial charge in [-0.3, -0.25) is 14.3 Å². The van der Waals surface area contributed by atoms with Crippen LogP contribution in [0.2, 0.25) is 0 Å². The Morgan fingerprint density at radius 1 is 1.36 bits per heavy atom. The van der Waals surface area contributed by atoms with Crippen LogP contribution in [-0.4, -0.2) is 33.2 Å². The summed E-state index contributed by atoms with van der Waals surface area (Å²) in [6, 6.07) is 3.38. The Hall–Kier alpha value is -2.16. The summed E-state index contributed by atoms with van der Waals surface area (Å²) in [5.74, 6) is -3.16. The molecule has 0 aliphatic carbocycles. The molecule has 0 aliphatic rings. The molecule has 7 nitrogen and oxygen atoms in total. The highest BCUT2D eigenvalue weighted by Crippen LogP contribution is 2.21. The lowest BCUT2D eigenvalue weighted by atomic mass is 10.2. The number of esters is 1. The minimum atomic E-state index is -3.83. The van der Waals surface area contributed by atoms with Crippen LogP contribution in [0, 0.1) is 11.7 Å². The van der Waals surface area contributed by atoms with E-state index in [4.69, 9.17) is 0 Å². The standard InChI is InChI=1S/C13H17FN2O5S/c1-8(13(18)21-3)7-22(19,20)16-10-4-5-11(14)12(6-10)15-9(2)17/h4-6,8,16H,7H2,1-3H3,(H,15,17)/t8-/m1/s1. The predicted molar refractivity (Wildman–Crippen MR) is 79.3 cm³/mol. The lowest BCUT2D eigenvalue weighted by Crippen LogP contribution is -2.26. The van der Waals surface area contributed by atoms with Gasteiger partial charge in [0.25, 0.3) is 0 Å². The summed E-state index contributed by atoms with van der Waals surface area (Å²) in [5, 5.41) is 2.24. The summed E-state index contributed by atoms with van der Waals surface area (Å²) < 4.78 is 44.0. The van der Waals surface area contributed by atoms with E-state index in [1.165, 1.54) is 27.0 Å². The largest absolute Gasteiger partial charge is 0.469 e. The van der Waals surface area contributed by atoms with Gasteiger partial charge in [-0.1, -0.05) is 6.92 Å². The highest BCUT2D eigenvalue weighted by Gasteiger charge is 2.22. The average molecular weight is 332 g/mol. The number of benzene rings is 1. The number of hydrogen-bond acceptors (Lipinski definition) is 5. The molecule has 0 unspecified atom stereocenters. The van der Waals surface area contributed by atoms with Crippen molar-refractivity contribution in [1.82, 2.24) is 0 Å². The summed E-state index contributed by atoms with van der Waals surface area (Å²) in [7, 11) is -2.67. The van der Waals surface area contributed by atoms with Gasteiger partial charge < -0.3 is 10.1 Å². The van der Waals surface area contributed by atoms with E-state index in [0.717, 1.165) is 12.1 Å². The maximum atomic E-state index is 13.5. The van der Waals surface area contributed by atoms with E-state index in [0.29, 0.717) is 0 Å². The molecule has 9 heteroatoms. The van der Waals surface area contributed by atoms with Crippen LogP contribution in [0.1, 0.15) is 13.8 Å². The third kappa shape index (κ3) is 5.32. The number of sulfonamides is 1. The van der Waals surface area contributed by atoms with Crippen LogP contribution in [-0.2, 0) is 24.3 Å². The normalized spacial score (nSPS) is 12.4. The van der Waals surface area contributed by atoms with Crippen molar-refractivity contribution >= 4 is 33.3 Å². The molecule has 1 rings (SSSR count). The summed E-state index contributed by atoms with van der Waals surface area (Å²) in [6.45, 7) is 2.62. The second-order valence-electron chi connectivity index (χ2n) is 4.68. The molecule has 2 N–H and O–H groups in total. The number of amides is 1. The van der Waals surface area contributed by atoms with E-state index >= 15 is 0 Å². The number of nitrogens with one attached hydrogen (secondary N) is 2. The quantitative estimate of drug-likeness (QED) is 0.765. The average Bonchev–Trinajstić information content (AvgIpc) is 2.40. The second kappa shape index (κ2) is 7.21. The van der Waals surface area contributed by atoms with Gasteiger partial charge in [-0.2, -0.15) is 0 Å². The second-order valence-corrected chi connectivity index (χ2v) is 6.45. The van der Waals surface area contributed by atoms with Crippen LogP contribution in [0.3, 0.4) is 0 Å². The number of methoxy groups -OCH3 is 1. The van der Waals surface area contributed by atoms with Crippen LogP contribution < -0.4 is 10.0 Å². The van der Waals surface area contributed by atoms with Crippen molar-refractivity contribution in [3.8, 4) is 0 Å². The van der Waals surface area contributed by atoms with Gasteiger partial charge in [0.2, 0.25) is 15.9 Å². The third-order valence-corrected chi connectivity index (χ3v) is 4.11. The van der Waals surface area contributed by atoms with Crippen LogP contribution >= 0.6 is 0 Å². The van der Waals surface area contributed by atoms with Crippen LogP contribution in [0.15, 0.2) is 18.2 Å². The Labute approximate surface area is 127 Å². The smallest absolute Gasteiger partial charge is 0.309 e. The first-order valence-electron chi connectivity index (χ1n) is 6.30. The molecule has 0 saturated heterocycles. The maximum absolute atomic E-state index is 13.5. The molecular weight excluding hydrogens is 315 g/mol. The first kappa shape index (κ1) is 17.9. The van der Waals surface area contributed by atoms with Gasteiger partial charge in [-0.15, -0.1) is 0 Å². The molecule has 1 amide bonds. The molecule has 122 valence electrons. The highest BCUT2D eigenvalue weighted by atomic mass is 32.2. The van der Waals surface area contributed by atoms with Gasteiger partial charge >= 0.3 is 5.97 Å². The molecule has 1 atom stereocenters. The minimum absolute atomic E-state index is 0.0715. The zero-order valence-corrected chi connectivity index (χ0v) is 13.2. The number of ether oxygens (including phenoxy) is 1. The topological polar surface area (TPSA) is 102 Å². The molecule has 0 fully saturated rings. The summed E-state index contributed by atoms with van der Waals surface area (Å²) in [5.41, 5.74) is -0.0732. The number of rotatable bonds is 6. The highest BCUT2D eigenvalue weighted by molar-refractivity contribution is 7.92. The Morgan fingerprint density at radius 2 is 2.00 bits per heavy atom. The minimum Gasteiger partial charge on any atom is -0.469 e. The third-order valence-electron chi connectivity index (χ3n) is 2.62. The van der Waals surface area contributed by atoms with Gasteiger partial charge in [0.05, 0.1) is 30.2 Å². The van der Waals surface area contributed by atoms with Crippen molar-refractivity contribution in [2.75, 3.05) is 22.9 Å². The molecule has 0 radical (unpaired) electrons.